The number of rotatable bonds is 8. The lowest BCUT2D eigenvalue weighted by Gasteiger charge is -2.14. The van der Waals surface area contributed by atoms with Crippen LogP contribution in [0.5, 0.6) is 5.75 Å². The van der Waals surface area contributed by atoms with Crippen molar-refractivity contribution >= 4 is 11.6 Å². The van der Waals surface area contributed by atoms with E-state index in [2.05, 4.69) is 21.6 Å². The largest absolute Gasteiger partial charge is 0.573 e. The molecule has 0 heterocycles. The number of nitrogens with two attached hydrogens (primary N) is 1. The number of guanidine groups is 1. The van der Waals surface area contributed by atoms with Gasteiger partial charge in [-0.3, -0.25) is 4.99 Å². The quantitative estimate of drug-likeness (QED) is 0.335. The van der Waals surface area contributed by atoms with Crippen LogP contribution in [0.15, 0.2) is 41.9 Å². The van der Waals surface area contributed by atoms with Gasteiger partial charge in [-0.15, -0.1) is 19.8 Å². The summed E-state index contributed by atoms with van der Waals surface area (Å²) in [6.45, 7) is 4.74. The Balaban J connectivity index is 2.53. The number of nitrogens with zero attached hydrogens (tertiary/aromatic N) is 1. The molecule has 3 N–H and O–H groups in total. The van der Waals surface area contributed by atoms with Gasteiger partial charge in [0.2, 0.25) is 0 Å². The zero-order valence-corrected chi connectivity index (χ0v) is 11.9. The molecule has 0 fully saturated rings. The fourth-order valence-corrected chi connectivity index (χ4v) is 1.46. The highest BCUT2D eigenvalue weighted by Gasteiger charge is 2.32. The standard InChI is InChI=1S/C14H18F3N3O2/c1-2-3-9-21-10-8-19-13(18)20-11-6-4-5-7-12(11)22-14(15,16)17/h2,4-7H,1,3,8-10H2,(H3,18,19,20). The van der Waals surface area contributed by atoms with E-state index in [4.69, 9.17) is 10.5 Å². The van der Waals surface area contributed by atoms with E-state index in [1.165, 1.54) is 18.2 Å². The zero-order chi connectivity index (χ0) is 16.4. The molecule has 22 heavy (non-hydrogen) atoms. The van der Waals surface area contributed by atoms with Crippen molar-refractivity contribution in [2.45, 2.75) is 12.8 Å². The number of aliphatic imine (C=N–C) groups is 1. The molecule has 8 heteroatoms. The minimum Gasteiger partial charge on any atom is -0.404 e. The predicted octanol–water partition coefficient (Wildman–Crippen LogP) is 2.90. The summed E-state index contributed by atoms with van der Waals surface area (Å²) >= 11 is 0. The van der Waals surface area contributed by atoms with Crippen molar-refractivity contribution in [3.05, 3.63) is 36.9 Å². The van der Waals surface area contributed by atoms with Gasteiger partial charge in [-0.25, -0.2) is 0 Å². The van der Waals surface area contributed by atoms with Gasteiger partial charge in [0, 0.05) is 0 Å². The Morgan fingerprint density at radius 3 is 2.73 bits per heavy atom. The van der Waals surface area contributed by atoms with Crippen molar-refractivity contribution in [3.8, 4) is 5.75 Å². The first kappa shape index (κ1) is 17.8. The summed E-state index contributed by atoms with van der Waals surface area (Å²) in [6.07, 6.45) is -2.31. The van der Waals surface area contributed by atoms with Crippen LogP contribution in [0.2, 0.25) is 0 Å². The molecule has 0 atom stereocenters. The number of nitrogens with one attached hydrogen (secondary N) is 1. The van der Waals surface area contributed by atoms with Crippen LogP contribution in [0, 0.1) is 0 Å². The van der Waals surface area contributed by atoms with E-state index < -0.39 is 6.36 Å². The highest BCUT2D eigenvalue weighted by Crippen LogP contribution is 2.29. The first-order valence-electron chi connectivity index (χ1n) is 6.52. The summed E-state index contributed by atoms with van der Waals surface area (Å²) in [4.78, 5) is 3.95. The molecule has 0 spiro atoms. The lowest BCUT2D eigenvalue weighted by molar-refractivity contribution is -0.274. The maximum Gasteiger partial charge on any atom is 0.573 e. The number of ether oxygens (including phenoxy) is 2. The van der Waals surface area contributed by atoms with Crippen LogP contribution < -0.4 is 15.8 Å². The smallest absolute Gasteiger partial charge is 0.404 e. The van der Waals surface area contributed by atoms with Crippen LogP contribution in [-0.4, -0.2) is 32.1 Å². The maximum atomic E-state index is 12.3. The number of halogens is 3. The first-order valence-corrected chi connectivity index (χ1v) is 6.52. The van der Waals surface area contributed by atoms with Crippen molar-refractivity contribution in [1.29, 1.82) is 0 Å². The second-order valence-corrected chi connectivity index (χ2v) is 4.13. The van der Waals surface area contributed by atoms with E-state index in [0.29, 0.717) is 13.2 Å². The van der Waals surface area contributed by atoms with E-state index >= 15 is 0 Å². The molecule has 5 nitrogen and oxygen atoms in total. The van der Waals surface area contributed by atoms with Crippen LogP contribution in [0.25, 0.3) is 0 Å². The molecule has 0 aromatic heterocycles. The number of para-hydroxylation sites is 2. The number of hydrogen-bond donors (Lipinski definition) is 2. The van der Waals surface area contributed by atoms with E-state index in [1.807, 2.05) is 0 Å². The van der Waals surface area contributed by atoms with E-state index in [9.17, 15) is 13.2 Å². The zero-order valence-electron chi connectivity index (χ0n) is 11.9. The van der Waals surface area contributed by atoms with Gasteiger partial charge in [-0.2, -0.15) is 0 Å². The average Bonchev–Trinajstić information content (AvgIpc) is 2.43. The summed E-state index contributed by atoms with van der Waals surface area (Å²) in [7, 11) is 0. The molecule has 0 bridgehead atoms. The highest BCUT2D eigenvalue weighted by atomic mass is 19.4. The Kier molecular flexibility index (Phi) is 7.24. The third-order valence-electron chi connectivity index (χ3n) is 2.36. The molecule has 0 unspecified atom stereocenters. The van der Waals surface area contributed by atoms with Crippen molar-refractivity contribution in [2.75, 3.05) is 25.1 Å². The van der Waals surface area contributed by atoms with Crippen molar-refractivity contribution in [2.24, 2.45) is 10.7 Å². The summed E-state index contributed by atoms with van der Waals surface area (Å²) in [6, 6.07) is 5.57. The number of benzene rings is 1. The SMILES string of the molecule is C=CCCOCCN=C(N)Nc1ccccc1OC(F)(F)F. The van der Waals surface area contributed by atoms with Crippen molar-refractivity contribution < 1.29 is 22.6 Å². The third kappa shape index (κ3) is 7.53. The normalized spacial score (nSPS) is 12.0. The highest BCUT2D eigenvalue weighted by molar-refractivity contribution is 5.93. The number of anilines is 1. The summed E-state index contributed by atoms with van der Waals surface area (Å²) < 4.78 is 45.9. The minimum atomic E-state index is -4.78. The van der Waals surface area contributed by atoms with E-state index in [1.54, 1.807) is 12.1 Å². The fraction of sp³-hybridized carbons (Fsp3) is 0.357. The van der Waals surface area contributed by atoms with Gasteiger partial charge >= 0.3 is 6.36 Å². The molecule has 0 saturated heterocycles. The lowest BCUT2D eigenvalue weighted by atomic mass is 10.3. The lowest BCUT2D eigenvalue weighted by Crippen LogP contribution is -2.25. The Morgan fingerprint density at radius 2 is 2.05 bits per heavy atom. The van der Waals surface area contributed by atoms with E-state index in [0.717, 1.165) is 6.42 Å². The molecular weight excluding hydrogens is 299 g/mol. The van der Waals surface area contributed by atoms with Gasteiger partial charge in [0.15, 0.2) is 11.7 Å². The van der Waals surface area contributed by atoms with Crippen LogP contribution in [0.1, 0.15) is 6.42 Å². The van der Waals surface area contributed by atoms with Gasteiger partial charge in [0.1, 0.15) is 0 Å². The summed E-state index contributed by atoms with van der Waals surface area (Å²) in [5, 5.41) is 2.57. The molecule has 0 aliphatic rings. The summed E-state index contributed by atoms with van der Waals surface area (Å²) in [5.74, 6) is -0.402. The Bertz CT molecular complexity index is 504. The van der Waals surface area contributed by atoms with Crippen LogP contribution in [0.3, 0.4) is 0 Å². The molecule has 1 aromatic carbocycles. The molecule has 1 aromatic rings. The summed E-state index contributed by atoms with van der Waals surface area (Å²) in [5.41, 5.74) is 5.69. The van der Waals surface area contributed by atoms with Crippen LogP contribution in [-0.2, 0) is 4.74 Å². The third-order valence-corrected chi connectivity index (χ3v) is 2.36. The van der Waals surface area contributed by atoms with Gasteiger partial charge in [-0.1, -0.05) is 18.2 Å². The minimum absolute atomic E-state index is 0.0226. The van der Waals surface area contributed by atoms with Gasteiger partial charge in [0.05, 0.1) is 25.4 Å². The first-order chi connectivity index (χ1) is 10.4. The average molecular weight is 317 g/mol. The Labute approximate surface area is 126 Å². The predicted molar refractivity (Wildman–Crippen MR) is 78.9 cm³/mol. The maximum absolute atomic E-state index is 12.3. The van der Waals surface area contributed by atoms with Crippen LogP contribution in [0.4, 0.5) is 18.9 Å². The number of alkyl halides is 3. The van der Waals surface area contributed by atoms with E-state index in [-0.39, 0.29) is 23.9 Å². The van der Waals surface area contributed by atoms with Gasteiger partial charge < -0.3 is 20.5 Å². The molecule has 0 saturated carbocycles. The second kappa shape index (κ2) is 8.93. The van der Waals surface area contributed by atoms with Crippen molar-refractivity contribution in [3.63, 3.8) is 0 Å². The van der Waals surface area contributed by atoms with Crippen molar-refractivity contribution in [1.82, 2.24) is 0 Å². The molecule has 0 amide bonds. The molecule has 0 radical (unpaired) electrons. The Morgan fingerprint density at radius 1 is 1.32 bits per heavy atom. The monoisotopic (exact) mass is 317 g/mol. The molecular formula is C14H18F3N3O2. The molecule has 0 aliphatic carbocycles. The molecule has 0 aliphatic heterocycles. The second-order valence-electron chi connectivity index (χ2n) is 4.13. The van der Waals surface area contributed by atoms with Crippen LogP contribution >= 0.6 is 0 Å². The van der Waals surface area contributed by atoms with Gasteiger partial charge in [-0.05, 0) is 18.6 Å². The Hall–Kier alpha value is -2.22. The molecule has 1 rings (SSSR count). The topological polar surface area (TPSA) is 68.9 Å². The number of hydrogen-bond acceptors (Lipinski definition) is 3. The fourth-order valence-electron chi connectivity index (χ4n) is 1.46. The molecule has 122 valence electrons. The van der Waals surface area contributed by atoms with Gasteiger partial charge in [0.25, 0.3) is 0 Å².